The van der Waals surface area contributed by atoms with E-state index in [4.69, 9.17) is 9.47 Å². The maximum absolute atomic E-state index is 13.1. The molecule has 0 radical (unpaired) electrons. The smallest absolute Gasteiger partial charge is 0.253 e. The highest BCUT2D eigenvalue weighted by atomic mass is 19.1. The molecule has 160 valence electrons. The van der Waals surface area contributed by atoms with Crippen molar-refractivity contribution in [3.63, 3.8) is 0 Å². The van der Waals surface area contributed by atoms with Crippen molar-refractivity contribution in [2.75, 3.05) is 40.4 Å². The molecule has 1 aliphatic rings. The summed E-state index contributed by atoms with van der Waals surface area (Å²) in [5, 5.41) is 0. The van der Waals surface area contributed by atoms with Crippen LogP contribution in [0.1, 0.15) is 28.8 Å². The second-order valence-electron chi connectivity index (χ2n) is 7.22. The largest absolute Gasteiger partial charge is 0.493 e. The molecule has 0 spiro atoms. The minimum atomic E-state index is -0.367. The number of benzene rings is 2. The Kier molecular flexibility index (Phi) is 7.27. The molecule has 7 heteroatoms. The Balaban J connectivity index is 1.54. The van der Waals surface area contributed by atoms with Gasteiger partial charge in [0.1, 0.15) is 5.82 Å². The molecule has 0 atom stereocenters. The van der Waals surface area contributed by atoms with Gasteiger partial charge in [-0.25, -0.2) is 4.39 Å². The number of hydrogen-bond acceptors (Lipinski definition) is 4. The maximum atomic E-state index is 13.1. The molecule has 30 heavy (non-hydrogen) atoms. The topological polar surface area (TPSA) is 59.1 Å². The third-order valence-electron chi connectivity index (χ3n) is 5.30. The van der Waals surface area contributed by atoms with Crippen LogP contribution in [0.4, 0.5) is 4.39 Å². The van der Waals surface area contributed by atoms with Gasteiger partial charge in [-0.15, -0.1) is 0 Å². The van der Waals surface area contributed by atoms with Crippen LogP contribution in [0.5, 0.6) is 11.5 Å². The minimum absolute atomic E-state index is 0.0702. The van der Waals surface area contributed by atoms with Crippen molar-refractivity contribution in [3.8, 4) is 11.5 Å². The number of amides is 2. The summed E-state index contributed by atoms with van der Waals surface area (Å²) in [4.78, 5) is 28.9. The maximum Gasteiger partial charge on any atom is 0.253 e. The van der Waals surface area contributed by atoms with Gasteiger partial charge in [-0.1, -0.05) is 6.07 Å². The van der Waals surface area contributed by atoms with Crippen LogP contribution in [0.2, 0.25) is 0 Å². The van der Waals surface area contributed by atoms with Crippen LogP contribution in [-0.4, -0.2) is 62.0 Å². The lowest BCUT2D eigenvalue weighted by molar-refractivity contribution is -0.131. The summed E-state index contributed by atoms with van der Waals surface area (Å²) in [5.41, 5.74) is 1.47. The molecule has 1 saturated heterocycles. The third kappa shape index (κ3) is 5.28. The van der Waals surface area contributed by atoms with Crippen molar-refractivity contribution < 1.29 is 23.5 Å². The molecule has 6 nitrogen and oxygen atoms in total. The summed E-state index contributed by atoms with van der Waals surface area (Å²) in [7, 11) is 3.17. The van der Waals surface area contributed by atoms with E-state index in [1.165, 1.54) is 24.3 Å². The van der Waals surface area contributed by atoms with E-state index in [1.54, 1.807) is 19.1 Å². The Labute approximate surface area is 176 Å². The van der Waals surface area contributed by atoms with E-state index in [2.05, 4.69) is 0 Å². The standard InChI is InChI=1S/C23H27FN2O4/c1-29-20-10-4-17(16-21(20)30-2)5-11-22(27)25-12-3-13-26(15-14-25)23(28)18-6-8-19(24)9-7-18/h4,6-10,16H,3,5,11-15H2,1-2H3. The van der Waals surface area contributed by atoms with Crippen molar-refractivity contribution in [2.45, 2.75) is 19.3 Å². The number of rotatable bonds is 6. The molecule has 0 aliphatic carbocycles. The first-order chi connectivity index (χ1) is 14.5. The number of aryl methyl sites for hydroxylation is 1. The number of nitrogens with zero attached hydrogens (tertiary/aromatic N) is 2. The predicted octanol–water partition coefficient (Wildman–Crippen LogP) is 3.15. The lowest BCUT2D eigenvalue weighted by Gasteiger charge is -2.22. The molecule has 2 amide bonds. The van der Waals surface area contributed by atoms with Crippen molar-refractivity contribution in [1.82, 2.24) is 9.80 Å². The summed E-state index contributed by atoms with van der Waals surface area (Å²) in [6, 6.07) is 11.2. The second kappa shape index (κ2) is 10.1. The Morgan fingerprint density at radius 2 is 1.57 bits per heavy atom. The molecule has 0 N–H and O–H groups in total. The van der Waals surface area contributed by atoms with Crippen LogP contribution in [0.25, 0.3) is 0 Å². The molecule has 1 fully saturated rings. The monoisotopic (exact) mass is 414 g/mol. The number of halogens is 1. The molecule has 0 bridgehead atoms. The highest BCUT2D eigenvalue weighted by molar-refractivity contribution is 5.94. The number of ether oxygens (including phenoxy) is 2. The average Bonchev–Trinajstić information content (AvgIpc) is 3.03. The zero-order chi connectivity index (χ0) is 21.5. The fourth-order valence-corrected chi connectivity index (χ4v) is 3.59. The average molecular weight is 414 g/mol. The van der Waals surface area contributed by atoms with E-state index >= 15 is 0 Å². The molecular formula is C23H27FN2O4. The summed E-state index contributed by atoms with van der Waals surface area (Å²) in [6.45, 7) is 2.17. The SMILES string of the molecule is COc1ccc(CCC(=O)N2CCCN(C(=O)c3ccc(F)cc3)CC2)cc1OC. The Hall–Kier alpha value is -3.09. The van der Waals surface area contributed by atoms with Crippen molar-refractivity contribution in [2.24, 2.45) is 0 Å². The van der Waals surface area contributed by atoms with Crippen molar-refractivity contribution in [3.05, 3.63) is 59.4 Å². The summed E-state index contributed by atoms with van der Waals surface area (Å²) < 4.78 is 23.6. The molecule has 1 heterocycles. The van der Waals surface area contributed by atoms with Gasteiger partial charge in [0.15, 0.2) is 11.5 Å². The van der Waals surface area contributed by atoms with Gasteiger partial charge in [-0.05, 0) is 54.8 Å². The van der Waals surface area contributed by atoms with E-state index < -0.39 is 0 Å². The van der Waals surface area contributed by atoms with Crippen molar-refractivity contribution >= 4 is 11.8 Å². The van der Waals surface area contributed by atoms with Crippen LogP contribution in [0.15, 0.2) is 42.5 Å². The van der Waals surface area contributed by atoms with E-state index in [1.807, 2.05) is 23.1 Å². The third-order valence-corrected chi connectivity index (χ3v) is 5.30. The van der Waals surface area contributed by atoms with E-state index in [9.17, 15) is 14.0 Å². The van der Waals surface area contributed by atoms with E-state index in [-0.39, 0.29) is 17.6 Å². The highest BCUT2D eigenvalue weighted by Crippen LogP contribution is 2.28. The summed E-state index contributed by atoms with van der Waals surface area (Å²) in [6.07, 6.45) is 1.71. The molecule has 2 aromatic rings. The lowest BCUT2D eigenvalue weighted by atomic mass is 10.1. The van der Waals surface area contributed by atoms with Gasteiger partial charge in [0.25, 0.3) is 5.91 Å². The van der Waals surface area contributed by atoms with E-state index in [0.717, 1.165) is 12.0 Å². The quantitative estimate of drug-likeness (QED) is 0.729. The summed E-state index contributed by atoms with van der Waals surface area (Å²) >= 11 is 0. The molecule has 1 aliphatic heterocycles. The van der Waals surface area contributed by atoms with Crippen LogP contribution >= 0.6 is 0 Å². The fourth-order valence-electron chi connectivity index (χ4n) is 3.59. The Bertz CT molecular complexity index is 885. The van der Waals surface area contributed by atoms with Crippen LogP contribution in [-0.2, 0) is 11.2 Å². The van der Waals surface area contributed by atoms with Crippen LogP contribution in [0, 0.1) is 5.82 Å². The van der Waals surface area contributed by atoms with Gasteiger partial charge in [-0.3, -0.25) is 9.59 Å². The summed E-state index contributed by atoms with van der Waals surface area (Å²) in [5.74, 6) is 0.877. The second-order valence-corrected chi connectivity index (χ2v) is 7.22. The Morgan fingerprint density at radius 3 is 2.27 bits per heavy atom. The zero-order valence-corrected chi connectivity index (χ0v) is 17.4. The fraction of sp³-hybridized carbons (Fsp3) is 0.391. The normalized spacial score (nSPS) is 14.2. The van der Waals surface area contributed by atoms with Crippen LogP contribution in [0.3, 0.4) is 0 Å². The predicted molar refractivity (Wildman–Crippen MR) is 111 cm³/mol. The van der Waals surface area contributed by atoms with Gasteiger partial charge < -0.3 is 19.3 Å². The Morgan fingerprint density at radius 1 is 0.900 bits per heavy atom. The van der Waals surface area contributed by atoms with Gasteiger partial charge in [0.2, 0.25) is 5.91 Å². The first kappa shape index (κ1) is 21.6. The molecule has 2 aromatic carbocycles. The van der Waals surface area contributed by atoms with Gasteiger partial charge >= 0.3 is 0 Å². The lowest BCUT2D eigenvalue weighted by Crippen LogP contribution is -2.37. The van der Waals surface area contributed by atoms with E-state index in [0.29, 0.717) is 56.1 Å². The number of carbonyl (C=O) groups is 2. The van der Waals surface area contributed by atoms with Gasteiger partial charge in [0.05, 0.1) is 14.2 Å². The van der Waals surface area contributed by atoms with Crippen molar-refractivity contribution in [1.29, 1.82) is 0 Å². The van der Waals surface area contributed by atoms with Gasteiger partial charge in [-0.2, -0.15) is 0 Å². The van der Waals surface area contributed by atoms with Crippen LogP contribution < -0.4 is 9.47 Å². The first-order valence-corrected chi connectivity index (χ1v) is 10.1. The minimum Gasteiger partial charge on any atom is -0.493 e. The first-order valence-electron chi connectivity index (χ1n) is 10.1. The number of methoxy groups -OCH3 is 2. The molecular weight excluding hydrogens is 387 g/mol. The number of carbonyl (C=O) groups excluding carboxylic acids is 2. The zero-order valence-electron chi connectivity index (χ0n) is 17.4. The number of hydrogen-bond donors (Lipinski definition) is 0. The molecule has 0 aromatic heterocycles. The molecule has 0 unspecified atom stereocenters. The van der Waals surface area contributed by atoms with Gasteiger partial charge in [0, 0.05) is 38.2 Å². The molecule has 3 rings (SSSR count). The highest BCUT2D eigenvalue weighted by Gasteiger charge is 2.22. The molecule has 0 saturated carbocycles.